The van der Waals surface area contributed by atoms with Gasteiger partial charge in [0, 0.05) is 19.0 Å². The van der Waals surface area contributed by atoms with Crippen molar-refractivity contribution >= 4 is 18.0 Å². The number of carbonyl (C=O) groups excluding carboxylic acids is 1. The molecule has 162 valence electrons. The third-order valence-corrected chi connectivity index (χ3v) is 3.92. The van der Waals surface area contributed by atoms with Crippen molar-refractivity contribution in [3.8, 4) is 0 Å². The molecule has 4 N–H and O–H groups in total. The van der Waals surface area contributed by atoms with Crippen LogP contribution < -0.4 is 10.7 Å². The lowest BCUT2D eigenvalue weighted by molar-refractivity contribution is -0.139. The molecule has 1 amide bonds. The highest BCUT2D eigenvalue weighted by Gasteiger charge is 2.25. The number of rotatable bonds is 9. The minimum Gasteiger partial charge on any atom is -0.480 e. The Morgan fingerprint density at radius 1 is 1.07 bits per heavy atom. The smallest absolute Gasteiger partial charge is 0.408 e. The summed E-state index contributed by atoms with van der Waals surface area (Å²) in [5.74, 6) is -2.28. The minimum absolute atomic E-state index is 0.0975. The second kappa shape index (κ2) is 9.77. The van der Waals surface area contributed by atoms with E-state index in [2.05, 4.69) is 15.7 Å². The van der Waals surface area contributed by atoms with Gasteiger partial charge in [0.25, 0.3) is 0 Å². The highest BCUT2D eigenvalue weighted by Crippen LogP contribution is 2.09. The van der Waals surface area contributed by atoms with E-state index in [1.807, 2.05) is 30.3 Å². The summed E-state index contributed by atoms with van der Waals surface area (Å²) in [6.07, 6.45) is 2.14. The number of hydrogen-bond donors (Lipinski definition) is 4. The lowest BCUT2D eigenvalue weighted by atomic mass is 10.1. The molecule has 2 atom stereocenters. The summed E-state index contributed by atoms with van der Waals surface area (Å²) in [4.78, 5) is 39.0. The number of carbonyl (C=O) groups is 3. The summed E-state index contributed by atoms with van der Waals surface area (Å²) in [6, 6.07) is 7.00. The zero-order chi connectivity index (χ0) is 22.3. The van der Waals surface area contributed by atoms with Crippen LogP contribution >= 0.6 is 0 Å². The van der Waals surface area contributed by atoms with E-state index >= 15 is 0 Å². The summed E-state index contributed by atoms with van der Waals surface area (Å²) >= 11 is 0. The lowest BCUT2D eigenvalue weighted by Gasteiger charge is -2.21. The lowest BCUT2D eigenvalue weighted by Crippen LogP contribution is -2.44. The number of aliphatic carboxylic acids is 2. The average molecular weight is 418 g/mol. The van der Waals surface area contributed by atoms with Gasteiger partial charge >= 0.3 is 18.0 Å². The molecule has 0 aliphatic heterocycles. The summed E-state index contributed by atoms with van der Waals surface area (Å²) in [6.45, 7) is 5.01. The fraction of sp³-hybridized carbons (Fsp3) is 0.400. The SMILES string of the molecule is CC(C)(C)OC(=O)N[C@@H](Cc1cn(N[C@@H](Cc2ccccc2)C(=O)O)cn1)C(=O)O. The van der Waals surface area contributed by atoms with Crippen molar-refractivity contribution in [3.63, 3.8) is 0 Å². The normalized spacial score (nSPS) is 13.2. The van der Waals surface area contributed by atoms with E-state index in [0.29, 0.717) is 5.69 Å². The van der Waals surface area contributed by atoms with E-state index in [-0.39, 0.29) is 12.8 Å². The number of carboxylic acid groups (broad SMARTS) is 2. The first kappa shape index (κ1) is 22.7. The van der Waals surface area contributed by atoms with E-state index < -0.39 is 35.7 Å². The van der Waals surface area contributed by atoms with E-state index in [1.54, 1.807) is 20.8 Å². The monoisotopic (exact) mass is 418 g/mol. The molecule has 0 unspecified atom stereocenters. The van der Waals surface area contributed by atoms with Gasteiger partial charge in [-0.3, -0.25) is 4.68 Å². The van der Waals surface area contributed by atoms with Crippen molar-refractivity contribution in [1.82, 2.24) is 15.0 Å². The molecular formula is C20H26N4O6. The van der Waals surface area contributed by atoms with Gasteiger partial charge < -0.3 is 25.7 Å². The second-order valence-corrected chi connectivity index (χ2v) is 7.72. The Labute approximate surface area is 173 Å². The Morgan fingerprint density at radius 3 is 2.27 bits per heavy atom. The van der Waals surface area contributed by atoms with Crippen LogP contribution in [0.2, 0.25) is 0 Å². The van der Waals surface area contributed by atoms with Crippen LogP contribution in [0.1, 0.15) is 32.0 Å². The third-order valence-electron chi connectivity index (χ3n) is 3.92. The summed E-state index contributed by atoms with van der Waals surface area (Å²) in [7, 11) is 0. The molecule has 0 aliphatic rings. The zero-order valence-corrected chi connectivity index (χ0v) is 17.0. The van der Waals surface area contributed by atoms with Crippen molar-refractivity contribution in [2.75, 3.05) is 5.43 Å². The molecule has 30 heavy (non-hydrogen) atoms. The molecule has 0 bridgehead atoms. The molecule has 0 aliphatic carbocycles. The molecule has 1 heterocycles. The number of aromatic nitrogens is 2. The van der Waals surface area contributed by atoms with Gasteiger partial charge in [0.2, 0.25) is 0 Å². The first-order valence-electron chi connectivity index (χ1n) is 9.32. The minimum atomic E-state index is -1.25. The van der Waals surface area contributed by atoms with Gasteiger partial charge in [0.1, 0.15) is 24.0 Å². The predicted molar refractivity (Wildman–Crippen MR) is 108 cm³/mol. The highest BCUT2D eigenvalue weighted by atomic mass is 16.6. The summed E-state index contributed by atoms with van der Waals surface area (Å²) < 4.78 is 6.44. The van der Waals surface area contributed by atoms with Crippen LogP contribution in [0.25, 0.3) is 0 Å². The summed E-state index contributed by atoms with van der Waals surface area (Å²) in [5.41, 5.74) is 3.26. The van der Waals surface area contributed by atoms with Gasteiger partial charge in [-0.15, -0.1) is 0 Å². The van der Waals surface area contributed by atoms with Crippen molar-refractivity contribution in [2.45, 2.75) is 51.3 Å². The number of carboxylic acids is 2. The molecule has 1 aromatic carbocycles. The molecule has 10 heteroatoms. The molecule has 0 fully saturated rings. The van der Waals surface area contributed by atoms with E-state index in [9.17, 15) is 24.6 Å². The topological polar surface area (TPSA) is 143 Å². The largest absolute Gasteiger partial charge is 0.480 e. The van der Waals surface area contributed by atoms with E-state index in [4.69, 9.17) is 4.74 Å². The van der Waals surface area contributed by atoms with Gasteiger partial charge in [-0.25, -0.2) is 19.4 Å². The van der Waals surface area contributed by atoms with Crippen LogP contribution in [0.3, 0.4) is 0 Å². The zero-order valence-electron chi connectivity index (χ0n) is 17.0. The summed E-state index contributed by atoms with van der Waals surface area (Å²) in [5, 5.41) is 21.1. The predicted octanol–water partition coefficient (Wildman–Crippen LogP) is 1.64. The van der Waals surface area contributed by atoms with Crippen molar-refractivity contribution in [2.24, 2.45) is 0 Å². The fourth-order valence-electron chi connectivity index (χ4n) is 2.62. The maximum absolute atomic E-state index is 11.9. The number of hydrogen-bond acceptors (Lipinski definition) is 6. The van der Waals surface area contributed by atoms with Gasteiger partial charge in [0.15, 0.2) is 0 Å². The molecule has 0 radical (unpaired) electrons. The highest BCUT2D eigenvalue weighted by molar-refractivity contribution is 5.80. The van der Waals surface area contributed by atoms with Crippen molar-refractivity contribution in [1.29, 1.82) is 0 Å². The van der Waals surface area contributed by atoms with Crippen LogP contribution in [0.5, 0.6) is 0 Å². The van der Waals surface area contributed by atoms with Crippen molar-refractivity contribution in [3.05, 3.63) is 54.1 Å². The Balaban J connectivity index is 2.01. The van der Waals surface area contributed by atoms with Crippen LogP contribution in [0, 0.1) is 0 Å². The number of nitrogens with one attached hydrogen (secondary N) is 2. The van der Waals surface area contributed by atoms with Crippen LogP contribution in [-0.4, -0.2) is 55.6 Å². The van der Waals surface area contributed by atoms with E-state index in [0.717, 1.165) is 5.56 Å². The number of ether oxygens (including phenoxy) is 1. The standard InChI is InChI=1S/C20H26N4O6/c1-20(2,3)30-19(29)22-15(17(25)26)10-14-11-24(12-21-14)23-16(18(27)28)9-13-7-5-4-6-8-13/h4-8,11-12,15-16,23H,9-10H2,1-3H3,(H,22,29)(H,25,26)(H,27,28)/t15-,16-/m0/s1. The second-order valence-electron chi connectivity index (χ2n) is 7.72. The molecule has 1 aromatic heterocycles. The number of imidazole rings is 1. The Morgan fingerprint density at radius 2 is 1.70 bits per heavy atom. The van der Waals surface area contributed by atoms with E-state index in [1.165, 1.54) is 17.2 Å². The molecule has 10 nitrogen and oxygen atoms in total. The molecular weight excluding hydrogens is 392 g/mol. The molecule has 0 spiro atoms. The van der Waals surface area contributed by atoms with Crippen LogP contribution in [0.15, 0.2) is 42.9 Å². The Hall–Kier alpha value is -3.56. The first-order valence-corrected chi connectivity index (χ1v) is 9.32. The fourth-order valence-corrected chi connectivity index (χ4v) is 2.62. The van der Waals surface area contributed by atoms with Crippen molar-refractivity contribution < 1.29 is 29.3 Å². The number of nitrogens with zero attached hydrogens (tertiary/aromatic N) is 2. The first-order chi connectivity index (χ1) is 14.0. The Bertz CT molecular complexity index is 875. The number of amides is 1. The maximum Gasteiger partial charge on any atom is 0.408 e. The van der Waals surface area contributed by atoms with Gasteiger partial charge in [-0.05, 0) is 26.3 Å². The van der Waals surface area contributed by atoms with Gasteiger partial charge in [0.05, 0.1) is 5.69 Å². The van der Waals surface area contributed by atoms with Gasteiger partial charge in [-0.1, -0.05) is 30.3 Å². The maximum atomic E-state index is 11.9. The molecule has 0 saturated carbocycles. The quantitative estimate of drug-likeness (QED) is 0.481. The molecule has 2 aromatic rings. The molecule has 0 saturated heterocycles. The number of alkyl carbamates (subject to hydrolysis) is 1. The third kappa shape index (κ3) is 7.46. The molecule has 2 rings (SSSR count). The number of benzene rings is 1. The van der Waals surface area contributed by atoms with Gasteiger partial charge in [-0.2, -0.15) is 0 Å². The van der Waals surface area contributed by atoms with Crippen LogP contribution in [0.4, 0.5) is 4.79 Å². The van der Waals surface area contributed by atoms with Crippen LogP contribution in [-0.2, 0) is 27.2 Å². The Kier molecular flexibility index (Phi) is 7.40. The average Bonchev–Trinajstić information content (AvgIpc) is 3.07.